The van der Waals surface area contributed by atoms with Crippen molar-refractivity contribution in [1.29, 1.82) is 0 Å². The van der Waals surface area contributed by atoms with Crippen molar-refractivity contribution in [3.8, 4) is 0 Å². The van der Waals surface area contributed by atoms with Crippen LogP contribution in [0.1, 0.15) is 6.92 Å². The van der Waals surface area contributed by atoms with Crippen LogP contribution in [0.25, 0.3) is 0 Å². The van der Waals surface area contributed by atoms with Gasteiger partial charge in [0, 0.05) is 8.80 Å². The molecule has 0 aliphatic rings. The van der Waals surface area contributed by atoms with Gasteiger partial charge in [-0.25, -0.2) is 0 Å². The molecule has 0 spiro atoms. The zero-order valence-corrected chi connectivity index (χ0v) is 6.59. The molecule has 0 aromatic heterocycles. The molecule has 0 aromatic rings. The molecule has 0 radical (unpaired) electrons. The summed E-state index contributed by atoms with van der Waals surface area (Å²) in [6.07, 6.45) is 2.05. The van der Waals surface area contributed by atoms with Crippen LogP contribution in [0.3, 0.4) is 0 Å². The van der Waals surface area contributed by atoms with E-state index in [1.165, 1.54) is 0 Å². The Morgan fingerprint density at radius 1 is 1.57 bits per heavy atom. The van der Waals surface area contributed by atoms with Gasteiger partial charge < -0.3 is 0 Å². The fraction of sp³-hybridized carbons (Fsp3) is 0.667. The van der Waals surface area contributed by atoms with Gasteiger partial charge in [-0.05, 0) is 5.54 Å². The Morgan fingerprint density at radius 3 is 2.00 bits per heavy atom. The highest BCUT2D eigenvalue weighted by atomic mass is 28.3. The Labute approximate surface area is 47.9 Å². The number of hydrogen-bond donors (Lipinski definition) is 0. The Morgan fingerprint density at radius 2 is 2.00 bits per heavy atom. The van der Waals surface area contributed by atoms with Crippen LogP contribution in [0.2, 0.25) is 18.6 Å². The highest BCUT2D eigenvalue weighted by molar-refractivity contribution is 6.57. The van der Waals surface area contributed by atoms with Crippen LogP contribution in [0.4, 0.5) is 0 Å². The van der Waals surface area contributed by atoms with Crippen molar-refractivity contribution < 1.29 is 0 Å². The summed E-state index contributed by atoms with van der Waals surface area (Å²) in [6, 6.07) is 0. The van der Waals surface area contributed by atoms with Crippen LogP contribution in [0.15, 0.2) is 12.7 Å². The highest BCUT2D eigenvalue weighted by Gasteiger charge is 2.00. The largest absolute Gasteiger partial charge is 0.103 e. The maximum Gasteiger partial charge on any atom is 0.0376 e. The van der Waals surface area contributed by atoms with Crippen molar-refractivity contribution in [2.75, 3.05) is 0 Å². The lowest BCUT2D eigenvalue weighted by Crippen LogP contribution is -2.04. The Hall–Kier alpha value is -0.0431. The van der Waals surface area contributed by atoms with Gasteiger partial charge in [-0.15, -0.1) is 6.58 Å². The van der Waals surface area contributed by atoms with Crippen molar-refractivity contribution in [2.24, 2.45) is 0 Å². The second-order valence-electron chi connectivity index (χ2n) is 2.34. The molecule has 0 amide bonds. The zero-order valence-electron chi connectivity index (χ0n) is 5.44. The van der Waals surface area contributed by atoms with E-state index in [0.717, 1.165) is 5.54 Å². The summed E-state index contributed by atoms with van der Waals surface area (Å²) < 4.78 is 0. The van der Waals surface area contributed by atoms with Crippen molar-refractivity contribution in [2.45, 2.75) is 25.6 Å². The quantitative estimate of drug-likeness (QED) is 0.381. The third-order valence-electron chi connectivity index (χ3n) is 1.42. The van der Waals surface area contributed by atoms with E-state index < -0.39 is 0 Å². The number of allylic oxidation sites excluding steroid dienone is 1. The van der Waals surface area contributed by atoms with Crippen molar-refractivity contribution in [3.05, 3.63) is 12.7 Å². The zero-order chi connectivity index (χ0) is 5.86. The van der Waals surface area contributed by atoms with Gasteiger partial charge in [0.2, 0.25) is 0 Å². The normalized spacial score (nSPS) is 14.3. The Bertz CT molecular complexity index is 57.2. The van der Waals surface area contributed by atoms with E-state index in [2.05, 4.69) is 32.7 Å². The maximum atomic E-state index is 3.72. The van der Waals surface area contributed by atoms with Gasteiger partial charge in [-0.2, -0.15) is 0 Å². The summed E-state index contributed by atoms with van der Waals surface area (Å²) in [4.78, 5) is 0. The van der Waals surface area contributed by atoms with E-state index in [1.54, 1.807) is 0 Å². The smallest absolute Gasteiger partial charge is 0.0376 e. The van der Waals surface area contributed by atoms with E-state index in [-0.39, 0.29) is 8.80 Å². The first-order valence-corrected chi connectivity index (χ1v) is 5.78. The summed E-state index contributed by atoms with van der Waals surface area (Å²) in [5.41, 5.74) is 0.806. The minimum Gasteiger partial charge on any atom is -0.103 e. The Kier molecular flexibility index (Phi) is 3.01. The van der Waals surface area contributed by atoms with Gasteiger partial charge in [-0.1, -0.05) is 26.1 Å². The molecule has 0 aliphatic heterocycles. The molecule has 1 heteroatoms. The first-order chi connectivity index (χ1) is 3.18. The van der Waals surface area contributed by atoms with Crippen molar-refractivity contribution in [3.63, 3.8) is 0 Å². The molecular formula is C6H14Si. The predicted molar refractivity (Wildman–Crippen MR) is 38.5 cm³/mol. The second-order valence-corrected chi connectivity index (χ2v) is 5.88. The van der Waals surface area contributed by atoms with Gasteiger partial charge in [0.05, 0.1) is 0 Å². The molecule has 0 nitrogen and oxygen atoms in total. The average Bonchev–Trinajstić information content (AvgIpc) is 1.65. The third kappa shape index (κ3) is 2.63. The lowest BCUT2D eigenvalue weighted by atomic mass is 10.5. The molecule has 0 saturated carbocycles. The van der Waals surface area contributed by atoms with E-state index >= 15 is 0 Å². The fourth-order valence-corrected chi connectivity index (χ4v) is 0.816. The molecule has 1 atom stereocenters. The third-order valence-corrected chi connectivity index (χ3v) is 3.80. The lowest BCUT2D eigenvalue weighted by molar-refractivity contribution is 1.17. The summed E-state index contributed by atoms with van der Waals surface area (Å²) >= 11 is 0. The molecule has 0 bridgehead atoms. The molecule has 0 N–H and O–H groups in total. The van der Waals surface area contributed by atoms with Crippen molar-refractivity contribution in [1.82, 2.24) is 0 Å². The molecule has 0 saturated heterocycles. The van der Waals surface area contributed by atoms with Crippen molar-refractivity contribution >= 4 is 8.80 Å². The standard InChI is InChI=1S/C6H14Si/c1-5-6(2)7(3)4/h5-7H,1H2,2-4H3. The van der Waals surface area contributed by atoms with Gasteiger partial charge in [0.25, 0.3) is 0 Å². The molecule has 1 unspecified atom stereocenters. The van der Waals surface area contributed by atoms with Crippen LogP contribution < -0.4 is 0 Å². The molecule has 0 rings (SSSR count). The molecule has 42 valence electrons. The average molecular weight is 114 g/mol. The first-order valence-electron chi connectivity index (χ1n) is 2.81. The molecule has 7 heavy (non-hydrogen) atoms. The second kappa shape index (κ2) is 3.02. The molecular weight excluding hydrogens is 100 g/mol. The fourth-order valence-electron chi connectivity index (χ4n) is 0.272. The molecule has 0 heterocycles. The molecule has 0 fully saturated rings. The summed E-state index contributed by atoms with van der Waals surface area (Å²) in [7, 11) is -0.383. The monoisotopic (exact) mass is 114 g/mol. The van der Waals surface area contributed by atoms with E-state index in [1.807, 2.05) is 0 Å². The van der Waals surface area contributed by atoms with Crippen LogP contribution in [-0.2, 0) is 0 Å². The molecule has 0 aromatic carbocycles. The van der Waals surface area contributed by atoms with Crippen LogP contribution >= 0.6 is 0 Å². The Balaban J connectivity index is 3.33. The van der Waals surface area contributed by atoms with Gasteiger partial charge in [0.15, 0.2) is 0 Å². The minimum atomic E-state index is -0.383. The van der Waals surface area contributed by atoms with Crippen LogP contribution in [-0.4, -0.2) is 8.80 Å². The van der Waals surface area contributed by atoms with E-state index in [0.29, 0.717) is 0 Å². The predicted octanol–water partition coefficient (Wildman–Crippen LogP) is 2.05. The number of hydrogen-bond acceptors (Lipinski definition) is 0. The van der Waals surface area contributed by atoms with E-state index in [9.17, 15) is 0 Å². The van der Waals surface area contributed by atoms with Crippen LogP contribution in [0.5, 0.6) is 0 Å². The summed E-state index contributed by atoms with van der Waals surface area (Å²) in [5, 5.41) is 0. The number of rotatable bonds is 2. The minimum absolute atomic E-state index is 0.383. The maximum absolute atomic E-state index is 3.72. The lowest BCUT2D eigenvalue weighted by Gasteiger charge is -2.05. The summed E-state index contributed by atoms with van der Waals surface area (Å²) in [6.45, 7) is 10.6. The van der Waals surface area contributed by atoms with Gasteiger partial charge in [0.1, 0.15) is 0 Å². The first kappa shape index (κ1) is 6.96. The van der Waals surface area contributed by atoms with Crippen LogP contribution in [0, 0.1) is 0 Å². The topological polar surface area (TPSA) is 0 Å². The van der Waals surface area contributed by atoms with E-state index in [4.69, 9.17) is 0 Å². The SMILES string of the molecule is C=CC(C)[SiH](C)C. The highest BCUT2D eigenvalue weighted by Crippen LogP contribution is 2.07. The molecule has 0 aliphatic carbocycles. The van der Waals surface area contributed by atoms with Gasteiger partial charge in [-0.3, -0.25) is 0 Å². The van der Waals surface area contributed by atoms with Gasteiger partial charge >= 0.3 is 0 Å². The summed E-state index contributed by atoms with van der Waals surface area (Å²) in [5.74, 6) is 0.